The monoisotopic (exact) mass is 278 g/mol. The zero-order valence-electron chi connectivity index (χ0n) is 12.1. The molecule has 1 amide bonds. The third-order valence-electron chi connectivity index (χ3n) is 3.29. The summed E-state index contributed by atoms with van der Waals surface area (Å²) in [6.45, 7) is 4.33. The van der Waals surface area contributed by atoms with Crippen LogP contribution in [0.1, 0.15) is 36.7 Å². The van der Waals surface area contributed by atoms with Crippen LogP contribution in [0, 0.1) is 0 Å². The second kappa shape index (κ2) is 7.19. The number of hydrogen-bond donors (Lipinski definition) is 1. The predicted molar refractivity (Wildman–Crippen MR) is 76.7 cm³/mol. The van der Waals surface area contributed by atoms with E-state index in [0.717, 1.165) is 32.4 Å². The Hall–Kier alpha value is -1.69. The van der Waals surface area contributed by atoms with Crippen LogP contribution in [0.4, 0.5) is 5.82 Å². The Morgan fingerprint density at radius 3 is 2.95 bits per heavy atom. The molecule has 0 bridgehead atoms. The summed E-state index contributed by atoms with van der Waals surface area (Å²) >= 11 is 0. The van der Waals surface area contributed by atoms with E-state index in [4.69, 9.17) is 4.74 Å². The SMILES string of the molecule is CCCNc1ccc(C(=O)N(C)CC2CCCO2)nn1. The Morgan fingerprint density at radius 1 is 1.50 bits per heavy atom. The van der Waals surface area contributed by atoms with Crippen molar-refractivity contribution in [2.45, 2.75) is 32.3 Å². The molecule has 1 aliphatic heterocycles. The molecule has 6 heteroatoms. The molecule has 0 spiro atoms. The van der Waals surface area contributed by atoms with Gasteiger partial charge in [0.25, 0.3) is 5.91 Å². The normalized spacial score (nSPS) is 18.0. The lowest BCUT2D eigenvalue weighted by atomic mass is 10.2. The smallest absolute Gasteiger partial charge is 0.274 e. The molecule has 1 aromatic rings. The number of amides is 1. The maximum atomic E-state index is 12.2. The van der Waals surface area contributed by atoms with Gasteiger partial charge in [-0.3, -0.25) is 4.79 Å². The zero-order chi connectivity index (χ0) is 14.4. The van der Waals surface area contributed by atoms with Crippen LogP contribution >= 0.6 is 0 Å². The Balaban J connectivity index is 1.90. The second-order valence-corrected chi connectivity index (χ2v) is 5.05. The lowest BCUT2D eigenvalue weighted by Crippen LogP contribution is -2.34. The van der Waals surface area contributed by atoms with E-state index in [0.29, 0.717) is 18.1 Å². The van der Waals surface area contributed by atoms with Crippen LogP contribution in [0.2, 0.25) is 0 Å². The first-order valence-electron chi connectivity index (χ1n) is 7.15. The number of carbonyl (C=O) groups is 1. The molecule has 0 aromatic carbocycles. The van der Waals surface area contributed by atoms with Crippen LogP contribution in [-0.4, -0.2) is 53.9 Å². The van der Waals surface area contributed by atoms with Gasteiger partial charge in [0.05, 0.1) is 6.10 Å². The molecule has 2 heterocycles. The maximum absolute atomic E-state index is 12.2. The number of likely N-dealkylation sites (N-methyl/N-ethyl adjacent to an activating group) is 1. The van der Waals surface area contributed by atoms with Gasteiger partial charge >= 0.3 is 0 Å². The van der Waals surface area contributed by atoms with Gasteiger partial charge in [-0.15, -0.1) is 10.2 Å². The van der Waals surface area contributed by atoms with E-state index in [1.807, 2.05) is 0 Å². The van der Waals surface area contributed by atoms with Gasteiger partial charge in [-0.05, 0) is 31.4 Å². The Bertz CT molecular complexity index is 429. The van der Waals surface area contributed by atoms with Crippen LogP contribution in [0.15, 0.2) is 12.1 Å². The van der Waals surface area contributed by atoms with Gasteiger partial charge in [0.15, 0.2) is 5.69 Å². The van der Waals surface area contributed by atoms with Crippen molar-refractivity contribution in [3.8, 4) is 0 Å². The number of ether oxygens (including phenoxy) is 1. The molecule has 0 aliphatic carbocycles. The average molecular weight is 278 g/mol. The van der Waals surface area contributed by atoms with Crippen LogP contribution in [0.3, 0.4) is 0 Å². The Labute approximate surface area is 119 Å². The van der Waals surface area contributed by atoms with Crippen molar-refractivity contribution in [2.24, 2.45) is 0 Å². The molecule has 6 nitrogen and oxygen atoms in total. The van der Waals surface area contributed by atoms with Gasteiger partial charge in [-0.25, -0.2) is 0 Å². The lowest BCUT2D eigenvalue weighted by Gasteiger charge is -2.20. The fourth-order valence-electron chi connectivity index (χ4n) is 2.17. The van der Waals surface area contributed by atoms with Crippen molar-refractivity contribution in [3.05, 3.63) is 17.8 Å². The summed E-state index contributed by atoms with van der Waals surface area (Å²) < 4.78 is 5.53. The van der Waals surface area contributed by atoms with E-state index in [9.17, 15) is 4.79 Å². The minimum absolute atomic E-state index is 0.116. The van der Waals surface area contributed by atoms with Gasteiger partial charge in [-0.1, -0.05) is 6.92 Å². The van der Waals surface area contributed by atoms with Crippen molar-refractivity contribution in [1.82, 2.24) is 15.1 Å². The van der Waals surface area contributed by atoms with E-state index in [-0.39, 0.29) is 12.0 Å². The van der Waals surface area contributed by atoms with Gasteiger partial charge in [0, 0.05) is 26.7 Å². The summed E-state index contributed by atoms with van der Waals surface area (Å²) in [6, 6.07) is 3.50. The third kappa shape index (κ3) is 3.90. The summed E-state index contributed by atoms with van der Waals surface area (Å²) in [5, 5.41) is 11.1. The highest BCUT2D eigenvalue weighted by Gasteiger charge is 2.21. The molecule has 1 aromatic heterocycles. The van der Waals surface area contributed by atoms with E-state index >= 15 is 0 Å². The van der Waals surface area contributed by atoms with Crippen molar-refractivity contribution in [1.29, 1.82) is 0 Å². The summed E-state index contributed by atoms with van der Waals surface area (Å²) in [5.74, 6) is 0.584. The highest BCUT2D eigenvalue weighted by atomic mass is 16.5. The molecule has 110 valence electrons. The molecule has 0 saturated carbocycles. The van der Waals surface area contributed by atoms with Gasteiger partial charge in [-0.2, -0.15) is 0 Å². The minimum Gasteiger partial charge on any atom is -0.376 e. The molecule has 1 atom stereocenters. The van der Waals surface area contributed by atoms with Crippen LogP contribution in [0.5, 0.6) is 0 Å². The highest BCUT2D eigenvalue weighted by molar-refractivity contribution is 5.92. The summed E-state index contributed by atoms with van der Waals surface area (Å²) in [7, 11) is 1.77. The predicted octanol–water partition coefficient (Wildman–Crippen LogP) is 1.55. The molecule has 1 aliphatic rings. The molecule has 20 heavy (non-hydrogen) atoms. The first-order chi connectivity index (χ1) is 9.70. The standard InChI is InChI=1S/C14H22N4O2/c1-3-8-15-13-7-6-12(16-17-13)14(19)18(2)10-11-5-4-9-20-11/h6-7,11H,3-5,8-10H2,1-2H3,(H,15,17). The molecule has 1 saturated heterocycles. The van der Waals surface area contributed by atoms with Crippen molar-refractivity contribution < 1.29 is 9.53 Å². The summed E-state index contributed by atoms with van der Waals surface area (Å²) in [4.78, 5) is 13.9. The number of nitrogens with zero attached hydrogens (tertiary/aromatic N) is 3. The van der Waals surface area contributed by atoms with Crippen LogP contribution in [-0.2, 0) is 4.74 Å². The first kappa shape index (κ1) is 14.7. The fourth-order valence-corrected chi connectivity index (χ4v) is 2.17. The van der Waals surface area contributed by atoms with Crippen molar-refractivity contribution in [3.63, 3.8) is 0 Å². The average Bonchev–Trinajstić information content (AvgIpc) is 2.97. The lowest BCUT2D eigenvalue weighted by molar-refractivity contribution is 0.0582. The van der Waals surface area contributed by atoms with Crippen LogP contribution in [0.25, 0.3) is 0 Å². The first-order valence-corrected chi connectivity index (χ1v) is 7.15. The Morgan fingerprint density at radius 2 is 2.35 bits per heavy atom. The molecular weight excluding hydrogens is 256 g/mol. The largest absolute Gasteiger partial charge is 0.376 e. The quantitative estimate of drug-likeness (QED) is 0.855. The maximum Gasteiger partial charge on any atom is 0.274 e. The summed E-state index contributed by atoms with van der Waals surface area (Å²) in [5.41, 5.74) is 0.368. The molecule has 2 rings (SSSR count). The number of anilines is 1. The number of carbonyl (C=O) groups excluding carboxylic acids is 1. The number of hydrogen-bond acceptors (Lipinski definition) is 5. The van der Waals surface area contributed by atoms with E-state index in [1.165, 1.54) is 0 Å². The molecule has 1 fully saturated rings. The highest BCUT2D eigenvalue weighted by Crippen LogP contribution is 2.13. The molecular formula is C14H22N4O2. The van der Waals surface area contributed by atoms with Gasteiger partial charge < -0.3 is 15.0 Å². The van der Waals surface area contributed by atoms with E-state index in [2.05, 4.69) is 22.4 Å². The van der Waals surface area contributed by atoms with Crippen molar-refractivity contribution >= 4 is 11.7 Å². The second-order valence-electron chi connectivity index (χ2n) is 5.05. The zero-order valence-corrected chi connectivity index (χ0v) is 12.1. The van der Waals surface area contributed by atoms with Gasteiger partial charge in [0.2, 0.25) is 0 Å². The van der Waals surface area contributed by atoms with E-state index in [1.54, 1.807) is 24.1 Å². The summed E-state index contributed by atoms with van der Waals surface area (Å²) in [6.07, 6.45) is 3.27. The number of aromatic nitrogens is 2. The van der Waals surface area contributed by atoms with E-state index < -0.39 is 0 Å². The van der Waals surface area contributed by atoms with Crippen LogP contribution < -0.4 is 5.32 Å². The molecule has 1 N–H and O–H groups in total. The fraction of sp³-hybridized carbons (Fsp3) is 0.643. The number of rotatable bonds is 6. The van der Waals surface area contributed by atoms with Gasteiger partial charge in [0.1, 0.15) is 5.82 Å². The molecule has 1 unspecified atom stereocenters. The Kier molecular flexibility index (Phi) is 5.29. The van der Waals surface area contributed by atoms with Crippen molar-refractivity contribution in [2.75, 3.05) is 32.1 Å². The molecule has 0 radical (unpaired) electrons. The minimum atomic E-state index is -0.116. The third-order valence-corrected chi connectivity index (χ3v) is 3.29. The topological polar surface area (TPSA) is 67.4 Å². The number of nitrogens with one attached hydrogen (secondary N) is 1.